The standard InChI is InChI=1S/C47H78N2O2/c1-3-5-7-9-11-13-15-17-19-21-23-25-27-29-31-33-37-47(50-45-42-49(43-46(45)51-47)41-44-35-39-48-40-36-44)38-34-32-30-28-26-24-22-20-18-16-14-12-10-8-6-4-2/h11-14,17-20,35-36,39-40,45-46H,3-10,15-16,21-34,37-38,41-43H2,1-2H3/b13-11-,14-12-,19-17-,20-18-/t45-,46-/m0/s1. The summed E-state index contributed by atoms with van der Waals surface area (Å²) in [5, 5.41) is 0. The Morgan fingerprint density at radius 3 is 1.37 bits per heavy atom. The van der Waals surface area contributed by atoms with Gasteiger partial charge in [0, 0.05) is 44.9 Å². The van der Waals surface area contributed by atoms with Crippen LogP contribution in [0.1, 0.15) is 186 Å². The van der Waals surface area contributed by atoms with Gasteiger partial charge in [-0.15, -0.1) is 0 Å². The van der Waals surface area contributed by atoms with Gasteiger partial charge in [-0.3, -0.25) is 9.88 Å². The molecule has 1 aromatic heterocycles. The van der Waals surface area contributed by atoms with E-state index in [0.717, 1.165) is 45.3 Å². The number of rotatable bonds is 32. The predicted molar refractivity (Wildman–Crippen MR) is 220 cm³/mol. The number of likely N-dealkylation sites (tertiary alicyclic amines) is 1. The number of hydrogen-bond acceptors (Lipinski definition) is 4. The highest BCUT2D eigenvalue weighted by atomic mass is 16.8. The van der Waals surface area contributed by atoms with Crippen LogP contribution in [0.2, 0.25) is 0 Å². The van der Waals surface area contributed by atoms with Gasteiger partial charge in [-0.2, -0.15) is 0 Å². The van der Waals surface area contributed by atoms with E-state index in [-0.39, 0.29) is 18.0 Å². The Morgan fingerprint density at radius 2 is 0.941 bits per heavy atom. The molecule has 0 radical (unpaired) electrons. The van der Waals surface area contributed by atoms with Crippen LogP contribution in [0.15, 0.2) is 73.1 Å². The lowest BCUT2D eigenvalue weighted by molar-refractivity contribution is -0.194. The lowest BCUT2D eigenvalue weighted by Crippen LogP contribution is -2.35. The van der Waals surface area contributed by atoms with Crippen molar-refractivity contribution in [2.24, 2.45) is 0 Å². The Bertz CT molecular complexity index is 999. The minimum absolute atomic E-state index is 0.209. The molecule has 0 amide bonds. The number of pyridine rings is 1. The van der Waals surface area contributed by atoms with Gasteiger partial charge in [0.25, 0.3) is 0 Å². The third kappa shape index (κ3) is 20.7. The topological polar surface area (TPSA) is 34.6 Å². The maximum Gasteiger partial charge on any atom is 0.169 e. The van der Waals surface area contributed by atoms with Crippen LogP contribution in [0, 0.1) is 0 Å². The normalized spacial score (nSPS) is 19.2. The van der Waals surface area contributed by atoms with Crippen molar-refractivity contribution in [2.45, 2.75) is 205 Å². The summed E-state index contributed by atoms with van der Waals surface area (Å²) in [5.41, 5.74) is 1.32. The van der Waals surface area contributed by atoms with Crippen LogP contribution in [0.3, 0.4) is 0 Å². The molecule has 0 spiro atoms. The summed E-state index contributed by atoms with van der Waals surface area (Å²) in [4.78, 5) is 6.68. The molecule has 4 nitrogen and oxygen atoms in total. The van der Waals surface area contributed by atoms with E-state index in [4.69, 9.17) is 9.47 Å². The minimum Gasteiger partial charge on any atom is -0.343 e. The summed E-state index contributed by atoms with van der Waals surface area (Å²) >= 11 is 0. The van der Waals surface area contributed by atoms with Gasteiger partial charge in [-0.1, -0.05) is 140 Å². The smallest absolute Gasteiger partial charge is 0.169 e. The van der Waals surface area contributed by atoms with E-state index in [0.29, 0.717) is 0 Å². The van der Waals surface area contributed by atoms with Crippen LogP contribution in [-0.2, 0) is 16.0 Å². The third-order valence-electron chi connectivity index (χ3n) is 10.7. The molecule has 0 N–H and O–H groups in total. The lowest BCUT2D eigenvalue weighted by Gasteiger charge is -2.31. The van der Waals surface area contributed by atoms with Gasteiger partial charge in [0.1, 0.15) is 12.2 Å². The molecular weight excluding hydrogens is 625 g/mol. The van der Waals surface area contributed by atoms with Crippen molar-refractivity contribution in [2.75, 3.05) is 13.1 Å². The maximum atomic E-state index is 6.89. The molecule has 0 bridgehead atoms. The van der Waals surface area contributed by atoms with Crippen molar-refractivity contribution in [3.8, 4) is 0 Å². The molecule has 0 aliphatic carbocycles. The Labute approximate surface area is 315 Å². The number of unbranched alkanes of at least 4 members (excludes halogenated alkanes) is 18. The van der Waals surface area contributed by atoms with Crippen LogP contribution in [0.5, 0.6) is 0 Å². The van der Waals surface area contributed by atoms with Crippen LogP contribution < -0.4 is 0 Å². The quantitative estimate of drug-likeness (QED) is 0.0553. The number of fused-ring (bicyclic) bond motifs is 1. The first-order valence-corrected chi connectivity index (χ1v) is 21.8. The molecule has 4 heteroatoms. The van der Waals surface area contributed by atoms with Crippen molar-refractivity contribution in [3.63, 3.8) is 0 Å². The largest absolute Gasteiger partial charge is 0.343 e. The fourth-order valence-corrected chi connectivity index (χ4v) is 7.63. The highest BCUT2D eigenvalue weighted by Crippen LogP contribution is 2.41. The zero-order chi connectivity index (χ0) is 35.9. The summed E-state index contributed by atoms with van der Waals surface area (Å²) in [6.07, 6.45) is 56.0. The van der Waals surface area contributed by atoms with Gasteiger partial charge in [0.05, 0.1) is 0 Å². The first kappa shape index (κ1) is 43.4. The molecule has 2 fully saturated rings. The number of nitrogens with zero attached hydrogens (tertiary/aromatic N) is 2. The molecule has 288 valence electrons. The summed E-state index contributed by atoms with van der Waals surface area (Å²) in [7, 11) is 0. The lowest BCUT2D eigenvalue weighted by atomic mass is 9.98. The summed E-state index contributed by atoms with van der Waals surface area (Å²) in [6, 6.07) is 4.24. The van der Waals surface area contributed by atoms with Crippen molar-refractivity contribution >= 4 is 0 Å². The third-order valence-corrected chi connectivity index (χ3v) is 10.7. The van der Waals surface area contributed by atoms with Gasteiger partial charge in [0.15, 0.2) is 5.79 Å². The number of ether oxygens (including phenoxy) is 2. The Hall–Kier alpha value is -2.01. The fraction of sp³-hybridized carbons (Fsp3) is 0.723. The predicted octanol–water partition coefficient (Wildman–Crippen LogP) is 13.8. The SMILES string of the molecule is CCCCC/C=C\C/C=C\CCCCCCCCC1(CCCCCCCC/C=C\C/C=C\CCCCC)O[C@H]2CN(Cc3ccncc3)C[C@@H]2O1. The Kier molecular flexibility index (Phi) is 25.1. The van der Waals surface area contributed by atoms with Gasteiger partial charge in [0.2, 0.25) is 0 Å². The second kappa shape index (κ2) is 29.4. The molecule has 2 aliphatic rings. The average molecular weight is 703 g/mol. The molecule has 0 saturated carbocycles. The summed E-state index contributed by atoms with van der Waals surface area (Å²) < 4.78 is 13.8. The highest BCUT2D eigenvalue weighted by Gasteiger charge is 2.50. The second-order valence-corrected chi connectivity index (χ2v) is 15.4. The summed E-state index contributed by atoms with van der Waals surface area (Å²) in [5.74, 6) is -0.359. The van der Waals surface area contributed by atoms with Crippen LogP contribution >= 0.6 is 0 Å². The molecule has 1 aromatic rings. The monoisotopic (exact) mass is 703 g/mol. The molecule has 3 rings (SSSR count). The van der Waals surface area contributed by atoms with Crippen molar-refractivity contribution < 1.29 is 9.47 Å². The van der Waals surface area contributed by atoms with E-state index < -0.39 is 0 Å². The fourth-order valence-electron chi connectivity index (χ4n) is 7.63. The zero-order valence-electron chi connectivity index (χ0n) is 33.3. The molecule has 2 saturated heterocycles. The van der Waals surface area contributed by atoms with E-state index >= 15 is 0 Å². The Balaban J connectivity index is 1.28. The molecule has 3 heterocycles. The van der Waals surface area contributed by atoms with E-state index in [9.17, 15) is 0 Å². The number of aromatic nitrogens is 1. The molecule has 0 unspecified atom stereocenters. The Morgan fingerprint density at radius 1 is 0.549 bits per heavy atom. The van der Waals surface area contributed by atoms with E-state index in [1.54, 1.807) is 0 Å². The van der Waals surface area contributed by atoms with Crippen LogP contribution in [-0.4, -0.2) is 41.0 Å². The second-order valence-electron chi connectivity index (χ2n) is 15.4. The summed E-state index contributed by atoms with van der Waals surface area (Å²) in [6.45, 7) is 7.44. The number of allylic oxidation sites excluding steroid dienone is 8. The van der Waals surface area contributed by atoms with E-state index in [1.165, 1.54) is 147 Å². The minimum atomic E-state index is -0.359. The van der Waals surface area contributed by atoms with Crippen LogP contribution in [0.4, 0.5) is 0 Å². The molecule has 2 aliphatic heterocycles. The van der Waals surface area contributed by atoms with Gasteiger partial charge in [-0.05, 0) is 94.7 Å². The van der Waals surface area contributed by atoms with Gasteiger partial charge >= 0.3 is 0 Å². The van der Waals surface area contributed by atoms with Crippen LogP contribution in [0.25, 0.3) is 0 Å². The molecule has 2 atom stereocenters. The maximum absolute atomic E-state index is 6.89. The molecule has 51 heavy (non-hydrogen) atoms. The van der Waals surface area contributed by atoms with Crippen molar-refractivity contribution in [1.29, 1.82) is 0 Å². The van der Waals surface area contributed by atoms with E-state index in [1.807, 2.05) is 12.4 Å². The molecule has 0 aromatic carbocycles. The molecular formula is C47H78N2O2. The first-order chi connectivity index (χ1) is 25.2. The van der Waals surface area contributed by atoms with Gasteiger partial charge in [-0.25, -0.2) is 0 Å². The zero-order valence-corrected chi connectivity index (χ0v) is 33.3. The van der Waals surface area contributed by atoms with Gasteiger partial charge < -0.3 is 9.47 Å². The van der Waals surface area contributed by atoms with E-state index in [2.05, 4.69) is 84.5 Å². The number of hydrogen-bond donors (Lipinski definition) is 0. The average Bonchev–Trinajstić information content (AvgIpc) is 3.67. The van der Waals surface area contributed by atoms with Crippen molar-refractivity contribution in [1.82, 2.24) is 9.88 Å². The first-order valence-electron chi connectivity index (χ1n) is 21.8. The van der Waals surface area contributed by atoms with Crippen molar-refractivity contribution in [3.05, 3.63) is 78.7 Å². The highest BCUT2D eigenvalue weighted by molar-refractivity contribution is 5.10.